The molecule has 3 heterocycles. The lowest BCUT2D eigenvalue weighted by molar-refractivity contribution is 0.969. The van der Waals surface area contributed by atoms with E-state index in [9.17, 15) is 0 Å². The van der Waals surface area contributed by atoms with Crippen molar-refractivity contribution in [1.29, 1.82) is 0 Å². The Labute approximate surface area is 147 Å². The average Bonchev–Trinajstić information content (AvgIpc) is 3.09. The highest BCUT2D eigenvalue weighted by Crippen LogP contribution is 2.42. The van der Waals surface area contributed by atoms with Crippen LogP contribution in [0, 0.1) is 0 Å². The molecule has 0 aliphatic heterocycles. The fraction of sp³-hybridized carbons (Fsp3) is 0. The number of para-hydroxylation sites is 1. The van der Waals surface area contributed by atoms with Crippen LogP contribution in [-0.4, -0.2) is 14.5 Å². The summed E-state index contributed by atoms with van der Waals surface area (Å²) in [5.41, 5.74) is 2.18. The molecule has 3 nitrogen and oxygen atoms in total. The van der Waals surface area contributed by atoms with Crippen LogP contribution in [0.4, 0.5) is 0 Å². The van der Waals surface area contributed by atoms with Gasteiger partial charge in [-0.25, -0.2) is 9.97 Å². The van der Waals surface area contributed by atoms with Crippen molar-refractivity contribution in [2.45, 2.75) is 0 Å². The maximum Gasteiger partial charge on any atom is 0.234 e. The SMILES string of the molecule is Brc1csc(-c2cc3ccccc3n2-c2ncccn2)c1Br. The lowest BCUT2D eigenvalue weighted by atomic mass is 10.2. The third-order valence-corrected chi connectivity index (χ3v) is 6.93. The standard InChI is InChI=1S/C16H9Br2N3S/c17-11-9-22-15(14(11)18)13-8-10-4-1-2-5-12(10)21(13)16-19-6-3-7-20-16/h1-9H. The van der Waals surface area contributed by atoms with Gasteiger partial charge in [-0.3, -0.25) is 4.57 Å². The monoisotopic (exact) mass is 433 g/mol. The van der Waals surface area contributed by atoms with E-state index in [1.54, 1.807) is 23.7 Å². The third-order valence-electron chi connectivity index (χ3n) is 3.38. The van der Waals surface area contributed by atoms with Gasteiger partial charge in [0, 0.05) is 27.6 Å². The molecule has 0 saturated carbocycles. The predicted molar refractivity (Wildman–Crippen MR) is 97.6 cm³/mol. The molecule has 6 heteroatoms. The van der Waals surface area contributed by atoms with Crippen molar-refractivity contribution in [2.75, 3.05) is 0 Å². The summed E-state index contributed by atoms with van der Waals surface area (Å²) >= 11 is 8.90. The molecule has 0 N–H and O–H groups in total. The maximum absolute atomic E-state index is 4.42. The fourth-order valence-corrected chi connectivity index (χ4v) is 4.62. The van der Waals surface area contributed by atoms with Crippen LogP contribution >= 0.6 is 43.2 Å². The number of hydrogen-bond acceptors (Lipinski definition) is 3. The average molecular weight is 435 g/mol. The van der Waals surface area contributed by atoms with Crippen LogP contribution in [0.3, 0.4) is 0 Å². The Bertz CT molecular complexity index is 960. The summed E-state index contributed by atoms with van der Waals surface area (Å²) < 4.78 is 4.20. The van der Waals surface area contributed by atoms with Crippen LogP contribution in [0.1, 0.15) is 0 Å². The summed E-state index contributed by atoms with van der Waals surface area (Å²) in [5, 5.41) is 3.24. The van der Waals surface area contributed by atoms with Gasteiger partial charge < -0.3 is 0 Å². The van der Waals surface area contributed by atoms with E-state index < -0.39 is 0 Å². The Balaban J connectivity index is 2.09. The summed E-state index contributed by atoms with van der Waals surface area (Å²) in [4.78, 5) is 10.00. The second-order valence-corrected chi connectivity index (χ2v) is 7.23. The summed E-state index contributed by atoms with van der Waals surface area (Å²) in [6.45, 7) is 0. The van der Waals surface area contributed by atoms with E-state index in [1.165, 1.54) is 5.39 Å². The van der Waals surface area contributed by atoms with Crippen molar-refractivity contribution >= 4 is 54.1 Å². The Morgan fingerprint density at radius 2 is 1.77 bits per heavy atom. The van der Waals surface area contributed by atoms with E-state index >= 15 is 0 Å². The van der Waals surface area contributed by atoms with Gasteiger partial charge in [-0.1, -0.05) is 18.2 Å². The molecular formula is C16H9Br2N3S. The van der Waals surface area contributed by atoms with E-state index in [0.717, 1.165) is 25.0 Å². The van der Waals surface area contributed by atoms with E-state index in [4.69, 9.17) is 0 Å². The first kappa shape index (κ1) is 14.1. The Morgan fingerprint density at radius 3 is 2.50 bits per heavy atom. The Hall–Kier alpha value is -1.50. The first-order valence-electron chi connectivity index (χ1n) is 6.56. The van der Waals surface area contributed by atoms with Gasteiger partial charge in [-0.05, 0) is 50.1 Å². The molecule has 3 aromatic heterocycles. The van der Waals surface area contributed by atoms with E-state index in [-0.39, 0.29) is 0 Å². The number of thiophene rings is 1. The lowest BCUT2D eigenvalue weighted by Crippen LogP contribution is -2.01. The molecular weight excluding hydrogens is 426 g/mol. The molecule has 1 aromatic carbocycles. The van der Waals surface area contributed by atoms with Crippen molar-refractivity contribution in [3.8, 4) is 16.5 Å². The molecule has 4 rings (SSSR count). The van der Waals surface area contributed by atoms with Gasteiger partial charge in [-0.15, -0.1) is 11.3 Å². The second-order valence-electron chi connectivity index (χ2n) is 4.70. The summed E-state index contributed by atoms with van der Waals surface area (Å²) in [5.74, 6) is 0.676. The fourth-order valence-electron chi connectivity index (χ4n) is 2.44. The topological polar surface area (TPSA) is 30.7 Å². The predicted octanol–water partition coefficient (Wildman–Crippen LogP) is 5.67. The van der Waals surface area contributed by atoms with Gasteiger partial charge in [0.25, 0.3) is 0 Å². The van der Waals surface area contributed by atoms with Crippen molar-refractivity contribution in [3.63, 3.8) is 0 Å². The minimum Gasteiger partial charge on any atom is -0.277 e. The number of hydrogen-bond donors (Lipinski definition) is 0. The molecule has 0 amide bonds. The lowest BCUT2D eigenvalue weighted by Gasteiger charge is -2.08. The van der Waals surface area contributed by atoms with Crippen LogP contribution in [-0.2, 0) is 0 Å². The molecule has 0 atom stereocenters. The zero-order valence-corrected chi connectivity index (χ0v) is 15.2. The van der Waals surface area contributed by atoms with Gasteiger partial charge in [-0.2, -0.15) is 0 Å². The van der Waals surface area contributed by atoms with E-state index in [2.05, 4.69) is 70.0 Å². The van der Waals surface area contributed by atoms with Gasteiger partial charge in [0.2, 0.25) is 5.95 Å². The summed E-state index contributed by atoms with van der Waals surface area (Å²) in [6.07, 6.45) is 3.53. The van der Waals surface area contributed by atoms with Gasteiger partial charge in [0.1, 0.15) is 0 Å². The molecule has 0 spiro atoms. The number of nitrogens with zero attached hydrogens (tertiary/aromatic N) is 3. The van der Waals surface area contributed by atoms with Crippen molar-refractivity contribution in [1.82, 2.24) is 14.5 Å². The number of aromatic nitrogens is 3. The minimum atomic E-state index is 0.676. The molecule has 0 saturated heterocycles. The largest absolute Gasteiger partial charge is 0.277 e. The van der Waals surface area contributed by atoms with Gasteiger partial charge >= 0.3 is 0 Å². The van der Waals surface area contributed by atoms with Crippen LogP contribution in [0.5, 0.6) is 0 Å². The molecule has 0 aliphatic carbocycles. The van der Waals surface area contributed by atoms with Crippen molar-refractivity contribution in [2.24, 2.45) is 0 Å². The van der Waals surface area contributed by atoms with Crippen LogP contribution in [0.2, 0.25) is 0 Å². The highest BCUT2D eigenvalue weighted by atomic mass is 79.9. The minimum absolute atomic E-state index is 0.676. The van der Waals surface area contributed by atoms with E-state index in [0.29, 0.717) is 5.95 Å². The Morgan fingerprint density at radius 1 is 1.00 bits per heavy atom. The van der Waals surface area contributed by atoms with Gasteiger partial charge in [0.15, 0.2) is 0 Å². The first-order chi connectivity index (χ1) is 10.8. The smallest absolute Gasteiger partial charge is 0.234 e. The normalized spacial score (nSPS) is 11.2. The van der Waals surface area contributed by atoms with Crippen molar-refractivity contribution in [3.05, 3.63) is 63.1 Å². The molecule has 0 unspecified atom stereocenters. The van der Waals surface area contributed by atoms with Crippen LogP contribution < -0.4 is 0 Å². The number of rotatable bonds is 2. The van der Waals surface area contributed by atoms with Crippen LogP contribution in [0.15, 0.2) is 63.1 Å². The molecule has 0 aliphatic rings. The maximum atomic E-state index is 4.42. The molecule has 0 fully saturated rings. The zero-order valence-electron chi connectivity index (χ0n) is 11.2. The summed E-state index contributed by atoms with van der Waals surface area (Å²) in [7, 11) is 0. The van der Waals surface area contributed by atoms with Crippen molar-refractivity contribution < 1.29 is 0 Å². The quantitative estimate of drug-likeness (QED) is 0.406. The molecule has 0 bridgehead atoms. The highest BCUT2D eigenvalue weighted by molar-refractivity contribution is 9.13. The number of benzene rings is 1. The molecule has 0 radical (unpaired) electrons. The number of halogens is 2. The molecule has 22 heavy (non-hydrogen) atoms. The third kappa shape index (κ3) is 2.22. The number of fused-ring (bicyclic) bond motifs is 1. The molecule has 4 aromatic rings. The molecule has 108 valence electrons. The van der Waals surface area contributed by atoms with E-state index in [1.807, 2.05) is 18.2 Å². The first-order valence-corrected chi connectivity index (χ1v) is 9.03. The highest BCUT2D eigenvalue weighted by Gasteiger charge is 2.18. The second kappa shape index (κ2) is 5.61. The Kier molecular flexibility index (Phi) is 3.60. The van der Waals surface area contributed by atoms with Gasteiger partial charge in [0.05, 0.1) is 20.6 Å². The zero-order chi connectivity index (χ0) is 15.1. The van der Waals surface area contributed by atoms with Crippen LogP contribution in [0.25, 0.3) is 27.4 Å². The summed E-state index contributed by atoms with van der Waals surface area (Å²) in [6, 6.07) is 12.3.